The Morgan fingerprint density at radius 2 is 0.980 bits per heavy atom. The van der Waals surface area contributed by atoms with E-state index in [1.807, 2.05) is 13.8 Å². The first-order valence-electron chi connectivity index (χ1n) is 18.2. The molecule has 0 aromatic heterocycles. The van der Waals surface area contributed by atoms with E-state index in [9.17, 15) is 14.4 Å². The van der Waals surface area contributed by atoms with Gasteiger partial charge in [0.15, 0.2) is 0 Å². The quantitative estimate of drug-likeness (QED) is 0.0748. The summed E-state index contributed by atoms with van der Waals surface area (Å²) >= 11 is 0. The van der Waals surface area contributed by atoms with Crippen LogP contribution in [0.3, 0.4) is 0 Å². The Hall–Kier alpha value is -2.31. The van der Waals surface area contributed by atoms with E-state index < -0.39 is 0 Å². The molecule has 0 atom stereocenters. The number of hydrogen-bond acceptors (Lipinski definition) is 10. The molecule has 2 N–H and O–H groups in total. The molecule has 0 heterocycles. The van der Waals surface area contributed by atoms with Crippen LogP contribution in [0.2, 0.25) is 0 Å². The van der Waals surface area contributed by atoms with Gasteiger partial charge in [0.05, 0.1) is 92.3 Å². The molecular weight excluding hydrogens is 634 g/mol. The second-order valence-corrected chi connectivity index (χ2v) is 11.7. The largest absolute Gasteiger partial charge is 0.379 e. The lowest BCUT2D eigenvalue weighted by molar-refractivity contribution is -0.133. The molecule has 0 radical (unpaired) electrons. The lowest BCUT2D eigenvalue weighted by Crippen LogP contribution is -2.35. The van der Waals surface area contributed by atoms with Crippen molar-refractivity contribution in [1.82, 2.24) is 15.5 Å². The van der Waals surface area contributed by atoms with Crippen molar-refractivity contribution in [3.8, 4) is 11.8 Å². The van der Waals surface area contributed by atoms with Gasteiger partial charge in [-0.3, -0.25) is 14.4 Å². The fraction of sp³-hybridized carbons (Fsp3) is 0.861. The maximum absolute atomic E-state index is 12.9. The Morgan fingerprint density at radius 3 is 1.51 bits per heavy atom. The zero-order chi connectivity index (χ0) is 36.0. The second-order valence-electron chi connectivity index (χ2n) is 11.7. The minimum Gasteiger partial charge on any atom is -0.379 e. The number of nitrogens with one attached hydrogen (secondary N) is 2. The first-order valence-corrected chi connectivity index (χ1v) is 18.2. The molecule has 0 saturated carbocycles. The van der Waals surface area contributed by atoms with Gasteiger partial charge in [-0.2, -0.15) is 0 Å². The monoisotopic (exact) mass is 701 g/mol. The fourth-order valence-corrected chi connectivity index (χ4v) is 4.01. The molecule has 0 aliphatic carbocycles. The number of carbonyl (C=O) groups is 3. The normalized spacial score (nSPS) is 11.0. The van der Waals surface area contributed by atoms with Gasteiger partial charge < -0.3 is 48.7 Å². The molecule has 0 aromatic carbocycles. The summed E-state index contributed by atoms with van der Waals surface area (Å²) in [5.41, 5.74) is 0. The van der Waals surface area contributed by atoms with Gasteiger partial charge in [0.2, 0.25) is 17.7 Å². The van der Waals surface area contributed by atoms with Gasteiger partial charge in [-0.25, -0.2) is 0 Å². The molecule has 13 nitrogen and oxygen atoms in total. The highest BCUT2D eigenvalue weighted by Gasteiger charge is 2.13. The van der Waals surface area contributed by atoms with Crippen LogP contribution in [-0.2, 0) is 47.5 Å². The van der Waals surface area contributed by atoms with Crippen LogP contribution in [0.4, 0.5) is 0 Å². The van der Waals surface area contributed by atoms with E-state index in [0.717, 1.165) is 25.9 Å². The van der Waals surface area contributed by atoms with Crippen molar-refractivity contribution in [2.75, 3.05) is 119 Å². The Balaban J connectivity index is 4.20. The predicted octanol–water partition coefficient (Wildman–Crippen LogP) is 2.98. The summed E-state index contributed by atoms with van der Waals surface area (Å²) < 4.78 is 38.9. The van der Waals surface area contributed by atoms with E-state index >= 15 is 0 Å². The summed E-state index contributed by atoms with van der Waals surface area (Å²) in [7, 11) is 0. The molecule has 0 saturated heterocycles. The lowest BCUT2D eigenvalue weighted by Gasteiger charge is -2.22. The van der Waals surface area contributed by atoms with E-state index in [2.05, 4.69) is 36.3 Å². The van der Waals surface area contributed by atoms with Gasteiger partial charge in [-0.15, -0.1) is 11.8 Å². The van der Waals surface area contributed by atoms with E-state index in [0.29, 0.717) is 144 Å². The molecule has 0 unspecified atom stereocenters. The van der Waals surface area contributed by atoms with Crippen LogP contribution in [-0.4, -0.2) is 141 Å². The standard InChI is InChI=1S/C36H67N3O10/c1-5-11-34(40)37-15-22-46-28-25-43-19-10-8-7-9-17-39(36(42)14-21-45-27-26-44-20-13-33(3)4)18-24-48-30-32-49-31-29-47-23-16-38-35(41)12-6-2/h33H,5-6,9-32H2,1-4H3,(H,37,40)(H,38,41). The van der Waals surface area contributed by atoms with Gasteiger partial charge in [0, 0.05) is 58.5 Å². The van der Waals surface area contributed by atoms with Crippen LogP contribution in [0.1, 0.15) is 79.1 Å². The summed E-state index contributed by atoms with van der Waals surface area (Å²) in [4.78, 5) is 37.5. The van der Waals surface area contributed by atoms with Crippen molar-refractivity contribution in [1.29, 1.82) is 0 Å². The number of nitrogens with zero attached hydrogens (tertiary/aromatic N) is 1. The topological polar surface area (TPSA) is 143 Å². The van der Waals surface area contributed by atoms with Crippen LogP contribution >= 0.6 is 0 Å². The SMILES string of the molecule is CCCC(=O)NCCOCCOCCC#CCCN(CCOCCOCCOCCNC(=O)CCC)C(=O)CCOCCOCCC(C)C. The highest BCUT2D eigenvalue weighted by Crippen LogP contribution is 2.00. The summed E-state index contributed by atoms with van der Waals surface area (Å²) in [5.74, 6) is 6.93. The number of hydrogen-bond donors (Lipinski definition) is 2. The average Bonchev–Trinajstić information content (AvgIpc) is 3.07. The fourth-order valence-electron chi connectivity index (χ4n) is 4.01. The molecule has 0 aliphatic rings. The average molecular weight is 702 g/mol. The van der Waals surface area contributed by atoms with Crippen molar-refractivity contribution >= 4 is 17.7 Å². The lowest BCUT2D eigenvalue weighted by atomic mass is 10.1. The Bertz CT molecular complexity index is 851. The molecule has 49 heavy (non-hydrogen) atoms. The number of ether oxygens (including phenoxy) is 7. The molecule has 0 fully saturated rings. The third kappa shape index (κ3) is 35.3. The van der Waals surface area contributed by atoms with E-state index in [1.165, 1.54) is 0 Å². The Morgan fingerprint density at radius 1 is 0.531 bits per heavy atom. The summed E-state index contributed by atoms with van der Waals surface area (Å²) in [6, 6.07) is 0. The smallest absolute Gasteiger partial charge is 0.224 e. The highest BCUT2D eigenvalue weighted by molar-refractivity contribution is 5.76. The molecular formula is C36H67N3O10. The molecule has 286 valence electrons. The minimum absolute atomic E-state index is 0.00123. The van der Waals surface area contributed by atoms with Gasteiger partial charge >= 0.3 is 0 Å². The minimum atomic E-state index is -0.00123. The van der Waals surface area contributed by atoms with Crippen LogP contribution in [0, 0.1) is 17.8 Å². The zero-order valence-corrected chi connectivity index (χ0v) is 31.0. The number of carbonyl (C=O) groups excluding carboxylic acids is 3. The third-order valence-electron chi connectivity index (χ3n) is 6.74. The van der Waals surface area contributed by atoms with Crippen molar-refractivity contribution in [2.24, 2.45) is 5.92 Å². The Labute approximate surface area is 296 Å². The molecule has 0 aromatic rings. The second kappa shape index (κ2) is 37.0. The maximum Gasteiger partial charge on any atom is 0.224 e. The van der Waals surface area contributed by atoms with Crippen LogP contribution in [0.25, 0.3) is 0 Å². The van der Waals surface area contributed by atoms with Crippen LogP contribution in [0.5, 0.6) is 0 Å². The molecule has 13 heteroatoms. The van der Waals surface area contributed by atoms with Crippen LogP contribution in [0.15, 0.2) is 0 Å². The van der Waals surface area contributed by atoms with Gasteiger partial charge in [-0.05, 0) is 25.2 Å². The van der Waals surface area contributed by atoms with Crippen molar-refractivity contribution in [3.63, 3.8) is 0 Å². The van der Waals surface area contributed by atoms with Gasteiger partial charge in [0.1, 0.15) is 0 Å². The van der Waals surface area contributed by atoms with E-state index in [1.54, 1.807) is 4.90 Å². The Kier molecular flexibility index (Phi) is 35.2. The molecule has 0 aliphatic heterocycles. The van der Waals surface area contributed by atoms with Crippen molar-refractivity contribution in [2.45, 2.75) is 79.1 Å². The van der Waals surface area contributed by atoms with E-state index in [-0.39, 0.29) is 24.1 Å². The highest BCUT2D eigenvalue weighted by atomic mass is 16.5. The first-order chi connectivity index (χ1) is 23.9. The molecule has 3 amide bonds. The van der Waals surface area contributed by atoms with Crippen molar-refractivity contribution in [3.05, 3.63) is 0 Å². The van der Waals surface area contributed by atoms with Crippen molar-refractivity contribution < 1.29 is 47.5 Å². The molecule has 0 spiro atoms. The van der Waals surface area contributed by atoms with Gasteiger partial charge in [-0.1, -0.05) is 27.7 Å². The van der Waals surface area contributed by atoms with Crippen LogP contribution < -0.4 is 10.6 Å². The molecule has 0 bridgehead atoms. The van der Waals surface area contributed by atoms with Gasteiger partial charge in [0.25, 0.3) is 0 Å². The third-order valence-corrected chi connectivity index (χ3v) is 6.74. The first kappa shape index (κ1) is 46.7. The zero-order valence-electron chi connectivity index (χ0n) is 31.0. The van der Waals surface area contributed by atoms with E-state index in [4.69, 9.17) is 33.2 Å². The predicted molar refractivity (Wildman–Crippen MR) is 189 cm³/mol. The maximum atomic E-state index is 12.9. The summed E-state index contributed by atoms with van der Waals surface area (Å²) in [6.07, 6.45) is 5.18. The summed E-state index contributed by atoms with van der Waals surface area (Å²) in [5, 5.41) is 5.61. The number of amides is 3. The number of rotatable bonds is 35. The molecule has 0 rings (SSSR count). The summed E-state index contributed by atoms with van der Waals surface area (Å²) in [6.45, 7) is 16.7.